The number of benzene rings is 1. The van der Waals surface area contributed by atoms with Gasteiger partial charge in [-0.2, -0.15) is 8.42 Å². The molecule has 10 nitrogen and oxygen atoms in total. The molecule has 0 amide bonds. The van der Waals surface area contributed by atoms with Crippen molar-refractivity contribution in [2.75, 3.05) is 6.61 Å². The van der Waals surface area contributed by atoms with E-state index in [4.69, 9.17) is 20.8 Å². The van der Waals surface area contributed by atoms with Crippen LogP contribution in [0, 0.1) is 6.92 Å². The van der Waals surface area contributed by atoms with Crippen molar-refractivity contribution in [3.8, 4) is 0 Å². The number of fused-ring (bicyclic) bond motifs is 2. The molecule has 0 N–H and O–H groups in total. The zero-order valence-electron chi connectivity index (χ0n) is 21.3. The van der Waals surface area contributed by atoms with Crippen LogP contribution in [-0.2, 0) is 27.4 Å². The predicted molar refractivity (Wildman–Crippen MR) is 147 cm³/mol. The Morgan fingerprint density at radius 1 is 0.974 bits per heavy atom. The molecule has 1 saturated carbocycles. The van der Waals surface area contributed by atoms with Crippen LogP contribution < -0.4 is 5.69 Å². The van der Waals surface area contributed by atoms with Crippen LogP contribution >= 0.6 is 11.6 Å². The second-order valence-corrected chi connectivity index (χ2v) is 11.8. The van der Waals surface area contributed by atoms with E-state index in [0.29, 0.717) is 36.0 Å². The molecule has 0 atom stereocenters. The SMILES string of the molecule is Cc1ccc(S(=O)(=O)OCCCCn2c(Cn3c(=O)n(C4CC4)c4ccncc43)nc3nc(Cl)ccc32)cc1. The average molecular weight is 567 g/mol. The van der Waals surface area contributed by atoms with E-state index in [1.807, 2.05) is 28.2 Å². The van der Waals surface area contributed by atoms with E-state index in [0.717, 1.165) is 35.0 Å². The van der Waals surface area contributed by atoms with Gasteiger partial charge in [-0.15, -0.1) is 0 Å². The normalized spacial score (nSPS) is 14.0. The van der Waals surface area contributed by atoms with Crippen LogP contribution in [0.1, 0.15) is 43.1 Å². The van der Waals surface area contributed by atoms with Gasteiger partial charge in [-0.3, -0.25) is 18.3 Å². The molecule has 202 valence electrons. The summed E-state index contributed by atoms with van der Waals surface area (Å²) in [5.41, 5.74) is 3.80. The Morgan fingerprint density at radius 2 is 1.77 bits per heavy atom. The topological polar surface area (TPSA) is 114 Å². The van der Waals surface area contributed by atoms with E-state index in [2.05, 4.69) is 9.97 Å². The first-order valence-corrected chi connectivity index (χ1v) is 14.6. The van der Waals surface area contributed by atoms with Gasteiger partial charge in [-0.25, -0.2) is 14.8 Å². The lowest BCUT2D eigenvalue weighted by molar-refractivity contribution is 0.305. The van der Waals surface area contributed by atoms with Crippen molar-refractivity contribution in [3.63, 3.8) is 0 Å². The lowest BCUT2D eigenvalue weighted by Gasteiger charge is -2.10. The lowest BCUT2D eigenvalue weighted by atomic mass is 10.2. The Balaban J connectivity index is 1.23. The third kappa shape index (κ3) is 5.09. The standard InChI is InChI=1S/C27H27ClN6O4S/c1-18-4-8-20(9-5-18)39(36,37)38-15-3-2-14-32-22-10-11-24(28)30-26(22)31-25(32)17-33-23-16-29-13-12-21(23)34(27(33)35)19-6-7-19/h4-5,8-13,16,19H,2-3,6-7,14-15,17H2,1H3. The van der Waals surface area contributed by atoms with E-state index >= 15 is 0 Å². The first-order valence-electron chi connectivity index (χ1n) is 12.8. The summed E-state index contributed by atoms with van der Waals surface area (Å²) in [5.74, 6) is 0.661. The minimum Gasteiger partial charge on any atom is -0.325 e. The average Bonchev–Trinajstić information content (AvgIpc) is 3.64. The molecule has 1 fully saturated rings. The maximum Gasteiger partial charge on any atom is 0.329 e. The van der Waals surface area contributed by atoms with Crippen LogP contribution in [0.5, 0.6) is 0 Å². The smallest absolute Gasteiger partial charge is 0.325 e. The number of rotatable bonds is 10. The number of aryl methyl sites for hydroxylation is 2. The third-order valence-corrected chi connectivity index (χ3v) is 8.50. The highest BCUT2D eigenvalue weighted by molar-refractivity contribution is 7.86. The first-order chi connectivity index (χ1) is 18.8. The number of hydrogen-bond donors (Lipinski definition) is 0. The molecule has 0 radical (unpaired) electrons. The molecule has 0 saturated heterocycles. The molecule has 0 unspecified atom stereocenters. The van der Waals surface area contributed by atoms with E-state index in [9.17, 15) is 13.2 Å². The molecule has 4 aromatic heterocycles. The van der Waals surface area contributed by atoms with Gasteiger partial charge in [-0.1, -0.05) is 29.3 Å². The molecule has 6 rings (SSSR count). The lowest BCUT2D eigenvalue weighted by Crippen LogP contribution is -2.25. The first kappa shape index (κ1) is 25.7. The van der Waals surface area contributed by atoms with Crippen molar-refractivity contribution >= 4 is 43.9 Å². The number of aromatic nitrogens is 6. The Morgan fingerprint density at radius 3 is 2.54 bits per heavy atom. The van der Waals surface area contributed by atoms with Gasteiger partial charge in [0.15, 0.2) is 5.65 Å². The minimum absolute atomic E-state index is 0.0578. The maximum atomic E-state index is 13.4. The fraction of sp³-hybridized carbons (Fsp3) is 0.333. The molecule has 0 bridgehead atoms. The van der Waals surface area contributed by atoms with Gasteiger partial charge in [0.05, 0.1) is 40.8 Å². The van der Waals surface area contributed by atoms with Crippen molar-refractivity contribution in [1.82, 2.24) is 28.7 Å². The van der Waals surface area contributed by atoms with Crippen molar-refractivity contribution in [3.05, 3.63) is 81.9 Å². The van der Waals surface area contributed by atoms with Crippen LogP contribution in [0.25, 0.3) is 22.2 Å². The van der Waals surface area contributed by atoms with Crippen LogP contribution in [0.4, 0.5) is 0 Å². The monoisotopic (exact) mass is 566 g/mol. The van der Waals surface area contributed by atoms with Gasteiger partial charge >= 0.3 is 5.69 Å². The molecule has 1 aromatic carbocycles. The summed E-state index contributed by atoms with van der Waals surface area (Å²) >= 11 is 6.14. The highest BCUT2D eigenvalue weighted by Gasteiger charge is 2.29. The second kappa shape index (κ2) is 10.2. The van der Waals surface area contributed by atoms with Gasteiger partial charge in [-0.05, 0) is 62.9 Å². The van der Waals surface area contributed by atoms with E-state index in [-0.39, 0.29) is 29.8 Å². The zero-order chi connectivity index (χ0) is 27.1. The summed E-state index contributed by atoms with van der Waals surface area (Å²) in [6.45, 7) is 2.74. The van der Waals surface area contributed by atoms with Gasteiger partial charge in [0.2, 0.25) is 0 Å². The summed E-state index contributed by atoms with van der Waals surface area (Å²) in [6, 6.07) is 12.2. The molecule has 0 spiro atoms. The van der Waals surface area contributed by atoms with Crippen LogP contribution in [-0.4, -0.2) is 43.7 Å². The highest BCUT2D eigenvalue weighted by atomic mass is 35.5. The molecular weight excluding hydrogens is 540 g/mol. The Bertz CT molecular complexity index is 1840. The number of unbranched alkanes of at least 4 members (excludes halogenated alkanes) is 1. The number of imidazole rings is 2. The zero-order valence-corrected chi connectivity index (χ0v) is 22.9. The van der Waals surface area contributed by atoms with Crippen LogP contribution in [0.3, 0.4) is 0 Å². The second-order valence-electron chi connectivity index (χ2n) is 9.79. The maximum absolute atomic E-state index is 13.4. The molecule has 0 aliphatic heterocycles. The summed E-state index contributed by atoms with van der Waals surface area (Å²) in [6.07, 6.45) is 6.53. The van der Waals surface area contributed by atoms with Crippen molar-refractivity contribution in [1.29, 1.82) is 0 Å². The largest absolute Gasteiger partial charge is 0.329 e. The van der Waals surface area contributed by atoms with Gasteiger partial charge in [0.1, 0.15) is 11.0 Å². The molecule has 4 heterocycles. The molecule has 12 heteroatoms. The predicted octanol–water partition coefficient (Wildman–Crippen LogP) is 4.47. The van der Waals surface area contributed by atoms with E-state index < -0.39 is 10.1 Å². The third-order valence-electron chi connectivity index (χ3n) is 6.96. The van der Waals surface area contributed by atoms with Crippen molar-refractivity contribution in [2.24, 2.45) is 0 Å². The van der Waals surface area contributed by atoms with Crippen molar-refractivity contribution in [2.45, 2.75) is 56.6 Å². The van der Waals surface area contributed by atoms with Crippen LogP contribution in [0.15, 0.2) is 64.5 Å². The van der Waals surface area contributed by atoms with Gasteiger partial charge in [0.25, 0.3) is 10.1 Å². The quantitative estimate of drug-likeness (QED) is 0.139. The van der Waals surface area contributed by atoms with E-state index in [1.165, 1.54) is 0 Å². The molecule has 1 aliphatic carbocycles. The van der Waals surface area contributed by atoms with Crippen LogP contribution in [0.2, 0.25) is 5.15 Å². The van der Waals surface area contributed by atoms with Gasteiger partial charge < -0.3 is 4.57 Å². The summed E-state index contributed by atoms with van der Waals surface area (Å²) in [5, 5.41) is 0.333. The number of hydrogen-bond acceptors (Lipinski definition) is 7. The Labute approximate surface area is 230 Å². The van der Waals surface area contributed by atoms with Crippen molar-refractivity contribution < 1.29 is 12.6 Å². The summed E-state index contributed by atoms with van der Waals surface area (Å²) < 4.78 is 35.8. The highest BCUT2D eigenvalue weighted by Crippen LogP contribution is 2.36. The molecule has 5 aromatic rings. The fourth-order valence-corrected chi connectivity index (χ4v) is 5.91. The Hall–Kier alpha value is -3.54. The summed E-state index contributed by atoms with van der Waals surface area (Å²) in [4.78, 5) is 26.9. The summed E-state index contributed by atoms with van der Waals surface area (Å²) in [7, 11) is -3.81. The van der Waals surface area contributed by atoms with E-state index in [1.54, 1.807) is 47.3 Å². The van der Waals surface area contributed by atoms with Gasteiger partial charge in [0, 0.05) is 18.8 Å². The number of pyridine rings is 2. The Kier molecular flexibility index (Phi) is 6.74. The fourth-order valence-electron chi connectivity index (χ4n) is 4.82. The minimum atomic E-state index is -3.81. The molecule has 1 aliphatic rings. The molecular formula is C27H27ClN6O4S. The number of nitrogens with zero attached hydrogens (tertiary/aromatic N) is 6. The molecule has 39 heavy (non-hydrogen) atoms. The number of halogens is 1.